The van der Waals surface area contributed by atoms with Crippen molar-refractivity contribution in [2.75, 3.05) is 13.1 Å². The van der Waals surface area contributed by atoms with Gasteiger partial charge in [0.15, 0.2) is 0 Å². The number of piperidine rings is 1. The molecule has 2 aromatic carbocycles. The van der Waals surface area contributed by atoms with Gasteiger partial charge < -0.3 is 15.0 Å². The van der Waals surface area contributed by atoms with Gasteiger partial charge in [-0.1, -0.05) is 36.4 Å². The van der Waals surface area contributed by atoms with E-state index in [-0.39, 0.29) is 24.0 Å². The number of nitrogens with zero attached hydrogens (tertiary/aromatic N) is 1. The Kier molecular flexibility index (Phi) is 5.92. The molecule has 1 aliphatic rings. The number of hydrogen-bond acceptors (Lipinski definition) is 3. The van der Waals surface area contributed by atoms with E-state index in [2.05, 4.69) is 35.6 Å². The van der Waals surface area contributed by atoms with Crippen molar-refractivity contribution < 1.29 is 14.3 Å². The zero-order chi connectivity index (χ0) is 20.3. The maximum Gasteiger partial charge on any atom is 0.410 e. The Morgan fingerprint density at radius 2 is 1.86 bits per heavy atom. The molecule has 1 heterocycles. The molecule has 5 heteroatoms. The SMILES string of the molecule is CC(NC(=O)C1CCCN(C(=O)OC(C)(C)C)C1)c1ccc2ccccc2c1. The van der Waals surface area contributed by atoms with Crippen LogP contribution in [0.15, 0.2) is 42.5 Å². The van der Waals surface area contributed by atoms with Crippen molar-refractivity contribution in [2.45, 2.75) is 52.2 Å². The van der Waals surface area contributed by atoms with E-state index in [0.717, 1.165) is 23.8 Å². The standard InChI is InChI=1S/C23H30N2O3/c1-16(18-12-11-17-8-5-6-9-19(17)14-18)24-21(26)20-10-7-13-25(15-20)22(27)28-23(2,3)4/h5-6,8-9,11-12,14,16,20H,7,10,13,15H2,1-4H3,(H,24,26). The van der Waals surface area contributed by atoms with Gasteiger partial charge in [0.05, 0.1) is 12.0 Å². The van der Waals surface area contributed by atoms with Crippen molar-refractivity contribution in [1.29, 1.82) is 0 Å². The molecule has 3 rings (SSSR count). The van der Waals surface area contributed by atoms with Crippen molar-refractivity contribution in [3.63, 3.8) is 0 Å². The molecule has 0 spiro atoms. The third-order valence-electron chi connectivity index (χ3n) is 5.08. The van der Waals surface area contributed by atoms with Crippen LogP contribution in [0.2, 0.25) is 0 Å². The van der Waals surface area contributed by atoms with E-state index >= 15 is 0 Å². The molecule has 28 heavy (non-hydrogen) atoms. The third kappa shape index (κ3) is 5.03. The van der Waals surface area contributed by atoms with Crippen molar-refractivity contribution >= 4 is 22.8 Å². The smallest absolute Gasteiger partial charge is 0.410 e. The zero-order valence-electron chi connectivity index (χ0n) is 17.2. The predicted octanol–water partition coefficient (Wildman–Crippen LogP) is 4.66. The normalized spacial score (nSPS) is 18.6. The summed E-state index contributed by atoms with van der Waals surface area (Å²) in [5, 5.41) is 5.47. The van der Waals surface area contributed by atoms with E-state index in [1.807, 2.05) is 39.8 Å². The van der Waals surface area contributed by atoms with Crippen molar-refractivity contribution in [3.05, 3.63) is 48.0 Å². The summed E-state index contributed by atoms with van der Waals surface area (Å²) >= 11 is 0. The quantitative estimate of drug-likeness (QED) is 0.840. The maximum atomic E-state index is 12.8. The van der Waals surface area contributed by atoms with Gasteiger partial charge in [0.2, 0.25) is 5.91 Å². The fourth-order valence-electron chi connectivity index (χ4n) is 3.58. The van der Waals surface area contributed by atoms with E-state index in [9.17, 15) is 9.59 Å². The summed E-state index contributed by atoms with van der Waals surface area (Å²) in [4.78, 5) is 26.8. The number of fused-ring (bicyclic) bond motifs is 1. The van der Waals surface area contributed by atoms with Crippen molar-refractivity contribution in [3.8, 4) is 0 Å². The second-order valence-corrected chi connectivity index (χ2v) is 8.60. The Morgan fingerprint density at radius 1 is 1.14 bits per heavy atom. The van der Waals surface area contributed by atoms with E-state index in [4.69, 9.17) is 4.74 Å². The van der Waals surface area contributed by atoms with E-state index in [0.29, 0.717) is 13.1 Å². The predicted molar refractivity (Wildman–Crippen MR) is 111 cm³/mol. The maximum absolute atomic E-state index is 12.8. The second-order valence-electron chi connectivity index (χ2n) is 8.60. The van der Waals surface area contributed by atoms with Crippen LogP contribution in [0.1, 0.15) is 52.1 Å². The minimum absolute atomic E-state index is 0.00563. The van der Waals surface area contributed by atoms with Gasteiger partial charge >= 0.3 is 6.09 Å². The van der Waals surface area contributed by atoms with E-state index < -0.39 is 5.60 Å². The highest BCUT2D eigenvalue weighted by atomic mass is 16.6. The summed E-state index contributed by atoms with van der Waals surface area (Å²) in [6, 6.07) is 14.4. The first-order valence-corrected chi connectivity index (χ1v) is 10.00. The fraction of sp³-hybridized carbons (Fsp3) is 0.478. The lowest BCUT2D eigenvalue weighted by Gasteiger charge is -2.34. The van der Waals surface area contributed by atoms with E-state index in [1.165, 1.54) is 5.39 Å². The number of benzene rings is 2. The van der Waals surface area contributed by atoms with Crippen LogP contribution in [0, 0.1) is 5.92 Å². The number of nitrogens with one attached hydrogen (secondary N) is 1. The molecule has 0 radical (unpaired) electrons. The molecule has 5 nitrogen and oxygen atoms in total. The van der Waals surface area contributed by atoms with Crippen LogP contribution in [0.4, 0.5) is 4.79 Å². The lowest BCUT2D eigenvalue weighted by Crippen LogP contribution is -2.47. The van der Waals surface area contributed by atoms with Gasteiger partial charge in [-0.25, -0.2) is 4.79 Å². The molecule has 2 unspecified atom stereocenters. The van der Waals surface area contributed by atoms with Gasteiger partial charge in [-0.3, -0.25) is 4.79 Å². The summed E-state index contributed by atoms with van der Waals surface area (Å²) in [5.74, 6) is -0.210. The first-order valence-electron chi connectivity index (χ1n) is 10.00. The highest BCUT2D eigenvalue weighted by Crippen LogP contribution is 2.23. The lowest BCUT2D eigenvalue weighted by molar-refractivity contribution is -0.127. The first-order chi connectivity index (χ1) is 13.2. The fourth-order valence-corrected chi connectivity index (χ4v) is 3.58. The molecule has 2 amide bonds. The second kappa shape index (κ2) is 8.21. The lowest BCUT2D eigenvalue weighted by atomic mass is 9.96. The Bertz CT molecular complexity index is 856. The van der Waals surface area contributed by atoms with Crippen LogP contribution in [-0.2, 0) is 9.53 Å². The Hall–Kier alpha value is -2.56. The molecule has 2 atom stereocenters. The largest absolute Gasteiger partial charge is 0.444 e. The summed E-state index contributed by atoms with van der Waals surface area (Å²) in [6.07, 6.45) is 1.25. The van der Waals surface area contributed by atoms with Gasteiger partial charge in [0.25, 0.3) is 0 Å². The number of ether oxygens (including phenoxy) is 1. The summed E-state index contributed by atoms with van der Waals surface area (Å²) in [5.41, 5.74) is 0.545. The molecule has 1 N–H and O–H groups in total. The minimum Gasteiger partial charge on any atom is -0.444 e. The van der Waals surface area contributed by atoms with Crippen LogP contribution in [-0.4, -0.2) is 35.6 Å². The highest BCUT2D eigenvalue weighted by Gasteiger charge is 2.31. The van der Waals surface area contributed by atoms with Crippen LogP contribution < -0.4 is 5.32 Å². The number of amides is 2. The molecule has 0 saturated carbocycles. The third-order valence-corrected chi connectivity index (χ3v) is 5.08. The van der Waals surface area contributed by atoms with Crippen molar-refractivity contribution in [2.24, 2.45) is 5.92 Å². The molecule has 1 aliphatic heterocycles. The first kappa shape index (κ1) is 20.2. The summed E-state index contributed by atoms with van der Waals surface area (Å²) in [6.45, 7) is 8.60. The Balaban J connectivity index is 1.62. The Labute approximate surface area is 167 Å². The molecule has 0 aliphatic carbocycles. The monoisotopic (exact) mass is 382 g/mol. The summed E-state index contributed by atoms with van der Waals surface area (Å²) in [7, 11) is 0. The van der Waals surface area contributed by atoms with Gasteiger partial charge in [0.1, 0.15) is 5.60 Å². The Morgan fingerprint density at radius 3 is 2.57 bits per heavy atom. The number of carbonyl (C=O) groups excluding carboxylic acids is 2. The number of rotatable bonds is 3. The topological polar surface area (TPSA) is 58.6 Å². The van der Waals surface area contributed by atoms with Gasteiger partial charge in [-0.05, 0) is 62.9 Å². The average molecular weight is 383 g/mol. The molecule has 150 valence electrons. The number of hydrogen-bond donors (Lipinski definition) is 1. The molecule has 1 fully saturated rings. The average Bonchev–Trinajstić information content (AvgIpc) is 2.66. The highest BCUT2D eigenvalue weighted by molar-refractivity contribution is 5.84. The number of carbonyl (C=O) groups is 2. The van der Waals surface area contributed by atoms with Crippen molar-refractivity contribution in [1.82, 2.24) is 10.2 Å². The van der Waals surface area contributed by atoms with Crippen LogP contribution in [0.5, 0.6) is 0 Å². The zero-order valence-corrected chi connectivity index (χ0v) is 17.2. The van der Waals surface area contributed by atoms with Crippen LogP contribution in [0.25, 0.3) is 10.8 Å². The van der Waals surface area contributed by atoms with E-state index in [1.54, 1.807) is 4.90 Å². The minimum atomic E-state index is -0.531. The van der Waals surface area contributed by atoms with Crippen LogP contribution in [0.3, 0.4) is 0 Å². The molecular formula is C23H30N2O3. The molecular weight excluding hydrogens is 352 g/mol. The van der Waals surface area contributed by atoms with Gasteiger partial charge in [0, 0.05) is 13.1 Å². The van der Waals surface area contributed by atoms with Gasteiger partial charge in [-0.2, -0.15) is 0 Å². The van der Waals surface area contributed by atoms with Crippen LogP contribution >= 0.6 is 0 Å². The molecule has 2 aromatic rings. The molecule has 1 saturated heterocycles. The molecule has 0 aromatic heterocycles. The summed E-state index contributed by atoms with van der Waals surface area (Å²) < 4.78 is 5.45. The number of likely N-dealkylation sites (tertiary alicyclic amines) is 1. The van der Waals surface area contributed by atoms with Gasteiger partial charge in [-0.15, -0.1) is 0 Å². The molecule has 0 bridgehead atoms.